The number of carbonyl (C=O) groups excluding carboxylic acids is 1. The maximum absolute atomic E-state index is 13.2. The quantitative estimate of drug-likeness (QED) is 0.475. The molecule has 0 saturated carbocycles. The fourth-order valence-corrected chi connectivity index (χ4v) is 3.10. The molecule has 1 N–H and O–H groups in total. The zero-order valence-electron chi connectivity index (χ0n) is 13.6. The topological polar surface area (TPSA) is 41.5 Å². The third-order valence-corrected chi connectivity index (χ3v) is 4.30. The monoisotopic (exact) mass is 399 g/mol. The summed E-state index contributed by atoms with van der Waals surface area (Å²) in [5.41, 5.74) is 3.34. The number of amidine groups is 1. The second kappa shape index (κ2) is 7.60. The summed E-state index contributed by atoms with van der Waals surface area (Å²) in [5, 5.41) is 2.63. The number of hydrogen-bond donors (Lipinski definition) is 1. The van der Waals surface area contributed by atoms with Crippen molar-refractivity contribution in [3.63, 3.8) is 0 Å². The van der Waals surface area contributed by atoms with Crippen LogP contribution in [0, 0.1) is 12.7 Å². The standard InChI is InChI=1S/C20H16FN2OSe/c1-13-11-17(9-10-18(13)14-5-2-3-6-14)22-20(25)23-19(24)15-7-4-8-16(21)12-15/h2-12,14H,1H3,(H,22,23,24). The van der Waals surface area contributed by atoms with Crippen molar-refractivity contribution in [2.75, 3.05) is 0 Å². The predicted molar refractivity (Wildman–Crippen MR) is 98.9 cm³/mol. The molecule has 2 aromatic carbocycles. The second-order valence-corrected chi connectivity index (χ2v) is 6.53. The Kier molecular flexibility index (Phi) is 5.27. The Hall–Kier alpha value is -2.49. The molecule has 1 radical (unpaired) electrons. The minimum atomic E-state index is -0.451. The summed E-state index contributed by atoms with van der Waals surface area (Å²) in [7, 11) is 0. The van der Waals surface area contributed by atoms with Gasteiger partial charge in [0.05, 0.1) is 0 Å². The number of benzene rings is 2. The summed E-state index contributed by atoms with van der Waals surface area (Å²) in [6.07, 6.45) is 8.36. The van der Waals surface area contributed by atoms with Gasteiger partial charge in [0.2, 0.25) is 0 Å². The third-order valence-electron chi connectivity index (χ3n) is 3.90. The summed E-state index contributed by atoms with van der Waals surface area (Å²) in [6.45, 7) is 2.04. The van der Waals surface area contributed by atoms with E-state index in [9.17, 15) is 9.18 Å². The Labute approximate surface area is 154 Å². The fraction of sp³-hybridized carbons (Fsp3) is 0.100. The summed E-state index contributed by atoms with van der Waals surface area (Å²) >= 11 is 2.73. The molecule has 3 rings (SSSR count). The van der Waals surface area contributed by atoms with Gasteiger partial charge in [0.15, 0.2) is 0 Å². The van der Waals surface area contributed by atoms with Crippen LogP contribution in [0.4, 0.5) is 10.1 Å². The summed E-state index contributed by atoms with van der Waals surface area (Å²) < 4.78 is 13.5. The number of allylic oxidation sites excluding steroid dienone is 4. The first-order chi connectivity index (χ1) is 12.0. The molecule has 0 bridgehead atoms. The van der Waals surface area contributed by atoms with Crippen LogP contribution in [0.25, 0.3) is 0 Å². The van der Waals surface area contributed by atoms with Crippen LogP contribution < -0.4 is 5.32 Å². The van der Waals surface area contributed by atoms with E-state index in [1.807, 2.05) is 37.3 Å². The molecule has 5 heteroatoms. The van der Waals surface area contributed by atoms with Crippen LogP contribution in [-0.4, -0.2) is 26.7 Å². The van der Waals surface area contributed by atoms with Crippen molar-refractivity contribution in [1.29, 1.82) is 0 Å². The number of hydrogen-bond acceptors (Lipinski definition) is 2. The van der Waals surface area contributed by atoms with E-state index < -0.39 is 11.7 Å². The van der Waals surface area contributed by atoms with Crippen molar-refractivity contribution in [3.05, 3.63) is 89.3 Å². The first-order valence-corrected chi connectivity index (χ1v) is 8.67. The van der Waals surface area contributed by atoms with Crippen LogP contribution >= 0.6 is 0 Å². The van der Waals surface area contributed by atoms with Crippen molar-refractivity contribution in [2.45, 2.75) is 12.8 Å². The van der Waals surface area contributed by atoms with E-state index in [-0.39, 0.29) is 5.56 Å². The zero-order chi connectivity index (χ0) is 17.8. The second-order valence-electron chi connectivity index (χ2n) is 5.72. The van der Waals surface area contributed by atoms with Crippen LogP contribution in [0.15, 0.2) is 71.8 Å². The van der Waals surface area contributed by atoms with E-state index in [1.54, 1.807) is 6.07 Å². The van der Waals surface area contributed by atoms with Gasteiger partial charge in [0, 0.05) is 0 Å². The molecule has 25 heavy (non-hydrogen) atoms. The van der Waals surface area contributed by atoms with Gasteiger partial charge in [0.25, 0.3) is 0 Å². The molecule has 0 aliphatic heterocycles. The molecule has 1 aliphatic carbocycles. The van der Waals surface area contributed by atoms with Crippen molar-refractivity contribution < 1.29 is 9.18 Å². The minimum absolute atomic E-state index is 0.245. The van der Waals surface area contributed by atoms with Gasteiger partial charge in [-0.1, -0.05) is 0 Å². The molecule has 0 heterocycles. The SMILES string of the molecule is Cc1cc(N=C([Se])NC(=O)c2cccc(F)c2)ccc1C1C=CC=C1. The van der Waals surface area contributed by atoms with Gasteiger partial charge in [-0.3, -0.25) is 0 Å². The van der Waals surface area contributed by atoms with Crippen LogP contribution in [0.2, 0.25) is 0 Å². The van der Waals surface area contributed by atoms with Gasteiger partial charge in [-0.25, -0.2) is 0 Å². The predicted octanol–water partition coefficient (Wildman–Crippen LogP) is 3.93. The number of aryl methyl sites for hydroxylation is 1. The van der Waals surface area contributed by atoms with Gasteiger partial charge < -0.3 is 0 Å². The maximum atomic E-state index is 13.2. The van der Waals surface area contributed by atoms with Crippen molar-refractivity contribution in [2.24, 2.45) is 4.99 Å². The summed E-state index contributed by atoms with van der Waals surface area (Å²) in [6, 6.07) is 11.4. The van der Waals surface area contributed by atoms with Crippen molar-refractivity contribution in [1.82, 2.24) is 5.32 Å². The normalized spacial score (nSPS) is 14.1. The summed E-state index contributed by atoms with van der Waals surface area (Å²) in [5.74, 6) is -0.558. The number of rotatable bonds is 3. The van der Waals surface area contributed by atoms with E-state index in [0.29, 0.717) is 10.7 Å². The van der Waals surface area contributed by atoms with E-state index in [1.165, 1.54) is 23.8 Å². The molecule has 2 aromatic rings. The van der Waals surface area contributed by atoms with Gasteiger partial charge >= 0.3 is 154 Å². The Balaban J connectivity index is 1.73. The summed E-state index contributed by atoms with van der Waals surface area (Å²) in [4.78, 5) is 16.5. The van der Waals surface area contributed by atoms with Gasteiger partial charge in [0.1, 0.15) is 0 Å². The van der Waals surface area contributed by atoms with Crippen molar-refractivity contribution in [3.8, 4) is 0 Å². The van der Waals surface area contributed by atoms with Gasteiger partial charge in [-0.15, -0.1) is 0 Å². The van der Waals surface area contributed by atoms with E-state index >= 15 is 0 Å². The number of halogens is 1. The molecule has 0 atom stereocenters. The number of nitrogens with zero attached hydrogens (tertiary/aromatic N) is 1. The van der Waals surface area contributed by atoms with Crippen LogP contribution in [0.5, 0.6) is 0 Å². The Bertz CT molecular complexity index is 890. The number of carbonyl (C=O) groups is 1. The Morgan fingerprint density at radius 1 is 1.16 bits per heavy atom. The molecule has 0 saturated heterocycles. The molecular weight excluding hydrogens is 382 g/mol. The first kappa shape index (κ1) is 17.3. The molecule has 0 unspecified atom stereocenters. The van der Waals surface area contributed by atoms with E-state index in [4.69, 9.17) is 0 Å². The van der Waals surface area contributed by atoms with Crippen LogP contribution in [-0.2, 0) is 0 Å². The Morgan fingerprint density at radius 3 is 2.60 bits per heavy atom. The first-order valence-electron chi connectivity index (χ1n) is 7.81. The zero-order valence-corrected chi connectivity index (χ0v) is 15.3. The molecule has 3 nitrogen and oxygen atoms in total. The number of nitrogens with one attached hydrogen (secondary N) is 1. The van der Waals surface area contributed by atoms with Gasteiger partial charge in [-0.2, -0.15) is 0 Å². The van der Waals surface area contributed by atoms with Gasteiger partial charge in [-0.05, 0) is 0 Å². The van der Waals surface area contributed by atoms with Crippen LogP contribution in [0.3, 0.4) is 0 Å². The van der Waals surface area contributed by atoms with E-state index in [2.05, 4.69) is 38.5 Å². The van der Waals surface area contributed by atoms with Crippen molar-refractivity contribution >= 4 is 32.3 Å². The van der Waals surface area contributed by atoms with Crippen LogP contribution in [0.1, 0.15) is 27.4 Å². The molecule has 125 valence electrons. The van der Waals surface area contributed by atoms with E-state index in [0.717, 1.165) is 11.3 Å². The third kappa shape index (κ3) is 4.32. The average Bonchev–Trinajstić information content (AvgIpc) is 3.09. The molecule has 1 aliphatic rings. The molecular formula is C20H16FN2OSe. The molecule has 0 aromatic heterocycles. The number of aliphatic imine (C=N–C) groups is 1. The number of amides is 1. The molecule has 0 spiro atoms. The molecule has 1 amide bonds. The molecule has 0 fully saturated rings. The fourth-order valence-electron chi connectivity index (χ4n) is 2.69. The average molecular weight is 398 g/mol. The Morgan fingerprint density at radius 2 is 1.92 bits per heavy atom.